The van der Waals surface area contributed by atoms with Gasteiger partial charge in [0.05, 0.1) is 0 Å². The molecule has 5 heavy (non-hydrogen) atoms. The summed E-state index contributed by atoms with van der Waals surface area (Å²) < 4.78 is 0. The van der Waals surface area contributed by atoms with E-state index in [0.717, 1.165) is 0 Å². The Morgan fingerprint density at radius 2 is 1.00 bits per heavy atom. The van der Waals surface area contributed by atoms with Crippen molar-refractivity contribution in [2.24, 2.45) is 0 Å². The van der Waals surface area contributed by atoms with Gasteiger partial charge in [-0.1, -0.05) is 0 Å². The molecule has 0 aromatic heterocycles. The van der Waals surface area contributed by atoms with Crippen molar-refractivity contribution in [1.82, 2.24) is 0 Å². The molecular formula is H3LiO3P. The fourth-order valence-corrected chi connectivity index (χ4v) is 0. The molecule has 1 radical (unpaired) electrons. The zero-order valence-electron chi connectivity index (χ0n) is 2.79. The summed E-state index contributed by atoms with van der Waals surface area (Å²) in [7, 11) is -2.62. The van der Waals surface area contributed by atoms with E-state index in [-0.39, 0.29) is 18.9 Å². The van der Waals surface area contributed by atoms with Crippen LogP contribution in [0.5, 0.6) is 0 Å². The minimum absolute atomic E-state index is 0. The first kappa shape index (κ1) is 9.32. The second kappa shape index (κ2) is 4.91. The van der Waals surface area contributed by atoms with E-state index in [0.29, 0.717) is 0 Å². The summed E-state index contributed by atoms with van der Waals surface area (Å²) >= 11 is 0. The molecule has 0 fully saturated rings. The first-order valence-corrected chi connectivity index (χ1v) is 1.80. The van der Waals surface area contributed by atoms with Crippen LogP contribution in [0.2, 0.25) is 0 Å². The third-order valence-corrected chi connectivity index (χ3v) is 0. The third-order valence-electron chi connectivity index (χ3n) is 0. The summed E-state index contributed by atoms with van der Waals surface area (Å²) in [4.78, 5) is 21.7. The Bertz CT molecular complexity index is 11.6. The number of rotatable bonds is 0. The second-order valence-electron chi connectivity index (χ2n) is 0.268. The summed E-state index contributed by atoms with van der Waals surface area (Å²) in [6.07, 6.45) is 0. The molecule has 0 aliphatic heterocycles. The summed E-state index contributed by atoms with van der Waals surface area (Å²) in [5, 5.41) is 0. The van der Waals surface area contributed by atoms with Gasteiger partial charge < -0.3 is 14.7 Å². The first-order valence-electron chi connectivity index (χ1n) is 0.600. The van der Waals surface area contributed by atoms with Gasteiger partial charge in [-0.2, -0.15) is 0 Å². The molecule has 0 saturated heterocycles. The molecule has 0 bridgehead atoms. The van der Waals surface area contributed by atoms with Crippen LogP contribution in [-0.4, -0.2) is 33.5 Å². The van der Waals surface area contributed by atoms with Crippen LogP contribution in [-0.2, 0) is 0 Å². The van der Waals surface area contributed by atoms with Gasteiger partial charge in [0.15, 0.2) is 0 Å². The summed E-state index contributed by atoms with van der Waals surface area (Å²) in [5.41, 5.74) is 0. The van der Waals surface area contributed by atoms with E-state index in [1.807, 2.05) is 0 Å². The summed E-state index contributed by atoms with van der Waals surface area (Å²) in [6, 6.07) is 0. The molecular weight excluding hydrogens is 85.9 g/mol. The van der Waals surface area contributed by atoms with Crippen molar-refractivity contribution in [2.75, 3.05) is 0 Å². The molecule has 5 heteroatoms. The molecule has 0 atom stereocenters. The Balaban J connectivity index is 0. The van der Waals surface area contributed by atoms with Crippen LogP contribution >= 0.6 is 8.60 Å². The normalized spacial score (nSPS) is 7.20. The Hall–Kier alpha value is 0.907. The number of hydrogen-bond donors (Lipinski definition) is 3. The maximum absolute atomic E-state index is 7.23. The predicted molar refractivity (Wildman–Crippen MR) is 19.3 cm³/mol. The van der Waals surface area contributed by atoms with Crippen LogP contribution < -0.4 is 0 Å². The van der Waals surface area contributed by atoms with Gasteiger partial charge in [0.2, 0.25) is 0 Å². The third kappa shape index (κ3) is 50.4. The van der Waals surface area contributed by atoms with Crippen molar-refractivity contribution in [3.8, 4) is 0 Å². The van der Waals surface area contributed by atoms with Gasteiger partial charge >= 0.3 is 8.60 Å². The van der Waals surface area contributed by atoms with Gasteiger partial charge in [0, 0.05) is 18.9 Å². The van der Waals surface area contributed by atoms with Gasteiger partial charge in [0.1, 0.15) is 0 Å². The molecule has 0 saturated carbocycles. The standard InChI is InChI=1S/Li.H3O3P/c;1-4(2)3/h;1-3H. The molecule has 0 unspecified atom stereocenters. The van der Waals surface area contributed by atoms with Crippen LogP contribution in [0.3, 0.4) is 0 Å². The zero-order valence-corrected chi connectivity index (χ0v) is 3.68. The number of hydrogen-bond acceptors (Lipinski definition) is 3. The van der Waals surface area contributed by atoms with Crippen LogP contribution in [0.1, 0.15) is 0 Å². The smallest absolute Gasteiger partial charge is 0.324 e. The van der Waals surface area contributed by atoms with Crippen molar-refractivity contribution >= 4 is 27.5 Å². The van der Waals surface area contributed by atoms with E-state index in [9.17, 15) is 0 Å². The quantitative estimate of drug-likeness (QED) is 0.258. The van der Waals surface area contributed by atoms with Crippen LogP contribution in [0.25, 0.3) is 0 Å². The summed E-state index contributed by atoms with van der Waals surface area (Å²) in [5.74, 6) is 0. The molecule has 0 amide bonds. The van der Waals surface area contributed by atoms with Crippen molar-refractivity contribution in [1.29, 1.82) is 0 Å². The topological polar surface area (TPSA) is 60.7 Å². The molecule has 0 aliphatic carbocycles. The van der Waals surface area contributed by atoms with Crippen molar-refractivity contribution in [2.45, 2.75) is 0 Å². The maximum Gasteiger partial charge on any atom is 0.324 e. The Morgan fingerprint density at radius 1 is 1.00 bits per heavy atom. The van der Waals surface area contributed by atoms with Crippen LogP contribution in [0.4, 0.5) is 0 Å². The Morgan fingerprint density at radius 3 is 1.00 bits per heavy atom. The Labute approximate surface area is 42.8 Å². The van der Waals surface area contributed by atoms with Gasteiger partial charge in [-0.15, -0.1) is 0 Å². The molecule has 0 aromatic rings. The molecule has 0 heterocycles. The molecule has 0 aliphatic rings. The summed E-state index contributed by atoms with van der Waals surface area (Å²) in [6.45, 7) is 0. The van der Waals surface area contributed by atoms with Crippen molar-refractivity contribution < 1.29 is 14.7 Å². The fraction of sp³-hybridized carbons (Fsp3) is 0. The predicted octanol–water partition coefficient (Wildman–Crippen LogP) is -1.19. The first-order chi connectivity index (χ1) is 1.73. The molecule has 3 N–H and O–H groups in total. The fourth-order valence-electron chi connectivity index (χ4n) is 0. The van der Waals surface area contributed by atoms with Gasteiger partial charge in [-0.25, -0.2) is 0 Å². The van der Waals surface area contributed by atoms with Crippen LogP contribution in [0.15, 0.2) is 0 Å². The van der Waals surface area contributed by atoms with Crippen LogP contribution in [0, 0.1) is 0 Å². The van der Waals surface area contributed by atoms with Gasteiger partial charge in [-0.3, -0.25) is 0 Å². The average Bonchev–Trinajstić information content (AvgIpc) is 0.811. The maximum atomic E-state index is 7.23. The average molecular weight is 88.9 g/mol. The largest absolute Gasteiger partial charge is 0.328 e. The van der Waals surface area contributed by atoms with E-state index >= 15 is 0 Å². The van der Waals surface area contributed by atoms with Gasteiger partial charge in [-0.05, 0) is 0 Å². The van der Waals surface area contributed by atoms with E-state index in [1.165, 1.54) is 0 Å². The molecule has 0 rings (SSSR count). The van der Waals surface area contributed by atoms with Crippen molar-refractivity contribution in [3.05, 3.63) is 0 Å². The minimum Gasteiger partial charge on any atom is -0.328 e. The monoisotopic (exact) mass is 89.0 g/mol. The second-order valence-corrected chi connectivity index (χ2v) is 0.805. The van der Waals surface area contributed by atoms with E-state index < -0.39 is 8.60 Å². The van der Waals surface area contributed by atoms with E-state index in [4.69, 9.17) is 14.7 Å². The minimum atomic E-state index is -2.62. The molecule has 0 spiro atoms. The SMILES string of the molecule is OP(O)O.[Li]. The van der Waals surface area contributed by atoms with Gasteiger partial charge in [0.25, 0.3) is 0 Å². The molecule has 0 aromatic carbocycles. The van der Waals surface area contributed by atoms with E-state index in [1.54, 1.807) is 0 Å². The zero-order chi connectivity index (χ0) is 3.58. The molecule has 3 nitrogen and oxygen atoms in total. The molecule has 27 valence electrons. The van der Waals surface area contributed by atoms with E-state index in [2.05, 4.69) is 0 Å². The Kier molecular flexibility index (Phi) is 9.15. The van der Waals surface area contributed by atoms with Crippen molar-refractivity contribution in [3.63, 3.8) is 0 Å².